The molecule has 0 radical (unpaired) electrons. The molecule has 0 bridgehead atoms. The average molecular weight is 591 g/mol. The summed E-state index contributed by atoms with van der Waals surface area (Å²) in [6.45, 7) is 3.64. The highest BCUT2D eigenvalue weighted by molar-refractivity contribution is 7.98. The number of carbonyl (C=O) groups excluding carboxylic acids is 2. The summed E-state index contributed by atoms with van der Waals surface area (Å²) < 4.78 is 11.9. The van der Waals surface area contributed by atoms with Crippen LogP contribution < -0.4 is 16.3 Å². The molecule has 9 nitrogen and oxygen atoms in total. The molecular formula is C32H34N2O7S. The van der Waals surface area contributed by atoms with Gasteiger partial charge in [0.2, 0.25) is 11.8 Å². The fourth-order valence-corrected chi connectivity index (χ4v) is 6.51. The monoisotopic (exact) mass is 590 g/mol. The lowest BCUT2D eigenvalue weighted by Crippen LogP contribution is -2.49. The van der Waals surface area contributed by atoms with Gasteiger partial charge in [-0.15, -0.1) is 0 Å². The Morgan fingerprint density at radius 3 is 2.50 bits per heavy atom. The first-order valence-electron chi connectivity index (χ1n) is 14.1. The first-order chi connectivity index (χ1) is 20.2. The Bertz CT molecular complexity index is 1710. The van der Waals surface area contributed by atoms with E-state index < -0.39 is 29.5 Å². The molecule has 0 spiro atoms. The molecule has 0 fully saturated rings. The van der Waals surface area contributed by atoms with Crippen LogP contribution in [0.3, 0.4) is 0 Å². The van der Waals surface area contributed by atoms with Crippen LogP contribution in [0, 0.1) is 13.8 Å². The number of hydrogen-bond acceptors (Lipinski definition) is 7. The van der Waals surface area contributed by atoms with Crippen LogP contribution in [-0.4, -0.2) is 41.2 Å². The predicted molar refractivity (Wildman–Crippen MR) is 162 cm³/mol. The second kappa shape index (κ2) is 12.9. The topological polar surface area (TPSA) is 139 Å². The number of hydrogen-bond donors (Lipinski definition) is 3. The minimum absolute atomic E-state index is 0.0528. The molecule has 42 heavy (non-hydrogen) atoms. The molecule has 4 aromatic rings. The number of aliphatic carboxylic acids is 1. The average Bonchev–Trinajstić information content (AvgIpc) is 3.35. The van der Waals surface area contributed by atoms with Crippen LogP contribution in [0.15, 0.2) is 50.0 Å². The minimum atomic E-state index is -1.03. The fraction of sp³-hybridized carbons (Fsp3) is 0.375. The molecule has 2 aromatic heterocycles. The number of carboxylic acids is 1. The second-order valence-electron chi connectivity index (χ2n) is 10.7. The molecule has 0 unspecified atom stereocenters. The highest BCUT2D eigenvalue weighted by Gasteiger charge is 2.25. The molecule has 0 aliphatic heterocycles. The number of carbonyl (C=O) groups is 3. The Hall–Kier alpha value is -4.05. The van der Waals surface area contributed by atoms with E-state index in [4.69, 9.17) is 13.9 Å². The summed E-state index contributed by atoms with van der Waals surface area (Å²) in [6, 6.07) is 10.8. The van der Waals surface area contributed by atoms with Crippen molar-refractivity contribution in [2.45, 2.75) is 64.2 Å². The minimum Gasteiger partial charge on any atom is -0.481 e. The van der Waals surface area contributed by atoms with Crippen molar-refractivity contribution in [3.05, 3.63) is 80.4 Å². The van der Waals surface area contributed by atoms with E-state index in [1.165, 1.54) is 17.3 Å². The van der Waals surface area contributed by atoms with Gasteiger partial charge in [-0.3, -0.25) is 14.4 Å². The normalized spacial score (nSPS) is 13.6. The standard InChI is InChI=1S/C32H34N2O7S/c1-18-22-14-24-21-10-6-7-11-26(21)40-30(24)19(2)29(22)41-32(39)23(18)15-27(35)34-25(31(38)33-13-12-28(36)37)17-42-16-20-8-4-3-5-9-20/h3-5,8-9,14,25H,6-7,10-13,15-17H2,1-2H3,(H,33,38)(H,34,35)(H,36,37)/t25-/m0/s1. The fourth-order valence-electron chi connectivity index (χ4n) is 5.49. The van der Waals surface area contributed by atoms with Gasteiger partial charge >= 0.3 is 11.6 Å². The summed E-state index contributed by atoms with van der Waals surface area (Å²) in [5, 5.41) is 16.1. The van der Waals surface area contributed by atoms with Gasteiger partial charge < -0.3 is 24.6 Å². The first-order valence-corrected chi connectivity index (χ1v) is 15.3. The SMILES string of the molecule is Cc1c(CC(=O)N[C@@H](CSCc2ccccc2)C(=O)NCCC(=O)O)c(=O)oc2c(C)c3oc4c(c3cc12)CCCC4. The van der Waals surface area contributed by atoms with Crippen LogP contribution in [0.25, 0.3) is 21.9 Å². The van der Waals surface area contributed by atoms with Crippen molar-refractivity contribution < 1.29 is 28.3 Å². The number of nitrogens with one attached hydrogen (secondary N) is 2. The highest BCUT2D eigenvalue weighted by Crippen LogP contribution is 2.38. The molecule has 10 heteroatoms. The third kappa shape index (κ3) is 6.38. The van der Waals surface area contributed by atoms with Crippen LogP contribution in [-0.2, 0) is 39.4 Å². The van der Waals surface area contributed by atoms with Gasteiger partial charge in [0.25, 0.3) is 0 Å². The Morgan fingerprint density at radius 1 is 1.00 bits per heavy atom. The first kappa shape index (κ1) is 29.4. The van der Waals surface area contributed by atoms with E-state index in [-0.39, 0.29) is 30.7 Å². The maximum absolute atomic E-state index is 13.2. The molecule has 5 rings (SSSR count). The molecule has 0 saturated carbocycles. The number of furan rings is 1. The second-order valence-corrected chi connectivity index (χ2v) is 11.7. The van der Waals surface area contributed by atoms with Gasteiger partial charge in [0.15, 0.2) is 0 Å². The Morgan fingerprint density at radius 2 is 1.74 bits per heavy atom. The zero-order valence-electron chi connectivity index (χ0n) is 23.7. The molecule has 3 N–H and O–H groups in total. The third-order valence-electron chi connectivity index (χ3n) is 7.75. The molecular weight excluding hydrogens is 556 g/mol. The van der Waals surface area contributed by atoms with Gasteiger partial charge in [0.05, 0.1) is 18.4 Å². The Labute approximate surface area is 247 Å². The quantitative estimate of drug-likeness (QED) is 0.216. The maximum Gasteiger partial charge on any atom is 0.340 e. The molecule has 2 aromatic carbocycles. The molecule has 1 atom stereocenters. The zero-order chi connectivity index (χ0) is 29.8. The van der Waals surface area contributed by atoms with Crippen molar-refractivity contribution in [1.29, 1.82) is 0 Å². The van der Waals surface area contributed by atoms with E-state index in [9.17, 15) is 19.2 Å². The number of benzene rings is 2. The van der Waals surface area contributed by atoms with Gasteiger partial charge in [-0.2, -0.15) is 11.8 Å². The van der Waals surface area contributed by atoms with Gasteiger partial charge in [0.1, 0.15) is 23.0 Å². The van der Waals surface area contributed by atoms with Crippen LogP contribution in [0.5, 0.6) is 0 Å². The summed E-state index contributed by atoms with van der Waals surface area (Å²) in [6.07, 6.45) is 3.53. The van der Waals surface area contributed by atoms with Crippen molar-refractivity contribution in [3.63, 3.8) is 0 Å². The van der Waals surface area contributed by atoms with Crippen molar-refractivity contribution in [3.8, 4) is 0 Å². The van der Waals surface area contributed by atoms with Crippen LogP contribution in [0.2, 0.25) is 0 Å². The van der Waals surface area contributed by atoms with E-state index >= 15 is 0 Å². The van der Waals surface area contributed by atoms with E-state index in [0.717, 1.165) is 58.9 Å². The van der Waals surface area contributed by atoms with Gasteiger partial charge in [-0.25, -0.2) is 4.79 Å². The summed E-state index contributed by atoms with van der Waals surface area (Å²) in [5.41, 5.74) is 4.53. The number of amides is 2. The number of thioether (sulfide) groups is 1. The third-order valence-corrected chi connectivity index (χ3v) is 8.85. The molecule has 1 aliphatic carbocycles. The van der Waals surface area contributed by atoms with Crippen LogP contribution in [0.4, 0.5) is 0 Å². The van der Waals surface area contributed by atoms with Gasteiger partial charge in [-0.05, 0) is 50.3 Å². The van der Waals surface area contributed by atoms with Crippen LogP contribution in [0.1, 0.15) is 52.8 Å². The largest absolute Gasteiger partial charge is 0.481 e. The zero-order valence-corrected chi connectivity index (χ0v) is 24.5. The molecule has 2 amide bonds. The summed E-state index contributed by atoms with van der Waals surface area (Å²) in [5.74, 6) is -0.109. The summed E-state index contributed by atoms with van der Waals surface area (Å²) >= 11 is 1.47. The molecule has 2 heterocycles. The maximum atomic E-state index is 13.2. The molecule has 0 saturated heterocycles. The Kier molecular flexibility index (Phi) is 9.01. The van der Waals surface area contributed by atoms with Crippen LogP contribution >= 0.6 is 11.8 Å². The number of fused-ring (bicyclic) bond motifs is 4. The lowest BCUT2D eigenvalue weighted by atomic mass is 9.93. The number of rotatable bonds is 11. The molecule has 1 aliphatic rings. The molecule has 220 valence electrons. The van der Waals surface area contributed by atoms with E-state index in [2.05, 4.69) is 10.6 Å². The van der Waals surface area contributed by atoms with Gasteiger partial charge in [-0.1, -0.05) is 30.3 Å². The number of aryl methyl sites for hydroxylation is 4. The van der Waals surface area contributed by atoms with E-state index in [1.807, 2.05) is 50.2 Å². The smallest absolute Gasteiger partial charge is 0.340 e. The van der Waals surface area contributed by atoms with E-state index in [0.29, 0.717) is 16.9 Å². The van der Waals surface area contributed by atoms with E-state index in [1.54, 1.807) is 0 Å². The summed E-state index contributed by atoms with van der Waals surface area (Å²) in [7, 11) is 0. The van der Waals surface area contributed by atoms with Crippen molar-refractivity contribution in [2.24, 2.45) is 0 Å². The lowest BCUT2D eigenvalue weighted by Gasteiger charge is -2.18. The summed E-state index contributed by atoms with van der Waals surface area (Å²) in [4.78, 5) is 50.1. The van der Waals surface area contributed by atoms with Crippen molar-refractivity contribution in [1.82, 2.24) is 10.6 Å². The number of carboxylic acid groups (broad SMARTS) is 1. The van der Waals surface area contributed by atoms with Crippen molar-refractivity contribution >= 4 is 51.5 Å². The van der Waals surface area contributed by atoms with Crippen molar-refractivity contribution in [2.75, 3.05) is 12.3 Å². The lowest BCUT2D eigenvalue weighted by molar-refractivity contribution is -0.137. The Balaban J connectivity index is 1.36. The predicted octanol–water partition coefficient (Wildman–Crippen LogP) is 4.59. The van der Waals surface area contributed by atoms with Gasteiger partial charge in [0, 0.05) is 46.4 Å². The highest BCUT2D eigenvalue weighted by atomic mass is 32.2.